The molecule has 1 aliphatic rings. The van der Waals surface area contributed by atoms with Crippen molar-refractivity contribution in [3.05, 3.63) is 83.3 Å². The second-order valence-corrected chi connectivity index (χ2v) is 7.91. The lowest BCUT2D eigenvalue weighted by atomic mass is 10.1. The van der Waals surface area contributed by atoms with Crippen molar-refractivity contribution in [1.29, 1.82) is 0 Å². The highest BCUT2D eigenvalue weighted by Crippen LogP contribution is 2.25. The maximum Gasteiger partial charge on any atom is 0.251 e. The summed E-state index contributed by atoms with van der Waals surface area (Å²) in [5, 5.41) is 3.66. The summed E-state index contributed by atoms with van der Waals surface area (Å²) in [6.45, 7) is 4.00. The quantitative estimate of drug-likeness (QED) is 0.596. The Morgan fingerprint density at radius 3 is 2.39 bits per heavy atom. The number of carbonyl (C=O) groups excluding carboxylic acids is 1. The van der Waals surface area contributed by atoms with Gasteiger partial charge in [0, 0.05) is 49.0 Å². The van der Waals surface area contributed by atoms with Crippen LogP contribution in [0.4, 0.5) is 5.69 Å². The number of anilines is 1. The van der Waals surface area contributed by atoms with E-state index in [1.54, 1.807) is 37.6 Å². The van der Waals surface area contributed by atoms with Crippen LogP contribution in [0.3, 0.4) is 0 Å². The highest BCUT2D eigenvalue weighted by molar-refractivity contribution is 6.30. The summed E-state index contributed by atoms with van der Waals surface area (Å²) in [5.41, 5.74) is 1.78. The fourth-order valence-corrected chi connectivity index (χ4v) is 3.99. The lowest BCUT2D eigenvalue weighted by Gasteiger charge is -2.39. The zero-order valence-corrected chi connectivity index (χ0v) is 18.2. The normalized spacial score (nSPS) is 15.5. The number of amides is 1. The molecule has 2 heterocycles. The third kappa shape index (κ3) is 5.21. The minimum Gasteiger partial charge on any atom is -0.497 e. The molecular formula is C24H26ClN3O3. The van der Waals surface area contributed by atoms with Crippen LogP contribution in [0.15, 0.2) is 71.3 Å². The van der Waals surface area contributed by atoms with Crippen LogP contribution >= 0.6 is 11.6 Å². The van der Waals surface area contributed by atoms with Gasteiger partial charge in [0.15, 0.2) is 0 Å². The van der Waals surface area contributed by atoms with E-state index < -0.39 is 0 Å². The van der Waals surface area contributed by atoms with Crippen molar-refractivity contribution in [3.8, 4) is 5.75 Å². The number of carbonyl (C=O) groups is 1. The van der Waals surface area contributed by atoms with Crippen molar-refractivity contribution >= 4 is 23.2 Å². The lowest BCUT2D eigenvalue weighted by Crippen LogP contribution is -2.49. The van der Waals surface area contributed by atoms with Crippen molar-refractivity contribution in [1.82, 2.24) is 10.2 Å². The second kappa shape index (κ2) is 9.90. The molecule has 7 heteroatoms. The number of nitrogens with one attached hydrogen (secondary N) is 1. The van der Waals surface area contributed by atoms with Gasteiger partial charge in [-0.25, -0.2) is 0 Å². The molecule has 1 aromatic heterocycles. The van der Waals surface area contributed by atoms with E-state index in [1.807, 2.05) is 24.3 Å². The van der Waals surface area contributed by atoms with E-state index in [0.29, 0.717) is 17.1 Å². The Labute approximate surface area is 187 Å². The van der Waals surface area contributed by atoms with Crippen LogP contribution in [0, 0.1) is 0 Å². The largest absolute Gasteiger partial charge is 0.497 e. The van der Waals surface area contributed by atoms with Crippen LogP contribution in [-0.2, 0) is 0 Å². The van der Waals surface area contributed by atoms with Crippen LogP contribution in [0.5, 0.6) is 5.75 Å². The SMILES string of the molecule is COc1ccc(N2CCN(C(CNC(=O)c3ccc(Cl)cc3)c3ccco3)CC2)cc1. The van der Waals surface area contributed by atoms with E-state index in [9.17, 15) is 4.79 Å². The van der Waals surface area contributed by atoms with E-state index in [0.717, 1.165) is 37.7 Å². The summed E-state index contributed by atoms with van der Waals surface area (Å²) in [6, 6.07) is 18.9. The van der Waals surface area contributed by atoms with E-state index in [1.165, 1.54) is 5.69 Å². The van der Waals surface area contributed by atoms with Gasteiger partial charge >= 0.3 is 0 Å². The zero-order valence-electron chi connectivity index (χ0n) is 17.5. The topological polar surface area (TPSA) is 58.0 Å². The number of rotatable bonds is 7. The minimum absolute atomic E-state index is 0.0238. The lowest BCUT2D eigenvalue weighted by molar-refractivity contribution is 0.0923. The molecule has 1 unspecified atom stereocenters. The Kier molecular flexibility index (Phi) is 6.79. The van der Waals surface area contributed by atoms with Gasteiger partial charge in [-0.15, -0.1) is 0 Å². The van der Waals surface area contributed by atoms with Crippen molar-refractivity contribution in [2.45, 2.75) is 6.04 Å². The molecule has 4 rings (SSSR count). The predicted octanol–water partition coefficient (Wildman–Crippen LogP) is 4.23. The molecule has 0 radical (unpaired) electrons. The number of piperazine rings is 1. The van der Waals surface area contributed by atoms with Gasteiger partial charge in [0.05, 0.1) is 19.4 Å². The van der Waals surface area contributed by atoms with Gasteiger partial charge in [-0.05, 0) is 60.7 Å². The molecule has 1 saturated heterocycles. The first-order valence-corrected chi connectivity index (χ1v) is 10.7. The molecule has 1 amide bonds. The average Bonchev–Trinajstić information content (AvgIpc) is 3.35. The van der Waals surface area contributed by atoms with Gasteiger partial charge in [-0.3, -0.25) is 9.69 Å². The van der Waals surface area contributed by atoms with Crippen molar-refractivity contribution in [2.24, 2.45) is 0 Å². The fourth-order valence-electron chi connectivity index (χ4n) is 3.87. The van der Waals surface area contributed by atoms with Crippen LogP contribution in [0.25, 0.3) is 0 Å². The Hall–Kier alpha value is -2.96. The Balaban J connectivity index is 1.39. The molecule has 1 N–H and O–H groups in total. The van der Waals surface area contributed by atoms with E-state index >= 15 is 0 Å². The Bertz CT molecular complexity index is 966. The van der Waals surface area contributed by atoms with Crippen molar-refractivity contribution in [3.63, 3.8) is 0 Å². The first-order valence-electron chi connectivity index (χ1n) is 10.3. The molecule has 31 heavy (non-hydrogen) atoms. The summed E-state index contributed by atoms with van der Waals surface area (Å²) in [7, 11) is 1.67. The smallest absolute Gasteiger partial charge is 0.251 e. The monoisotopic (exact) mass is 439 g/mol. The number of methoxy groups -OCH3 is 1. The van der Waals surface area contributed by atoms with Crippen LogP contribution < -0.4 is 15.0 Å². The van der Waals surface area contributed by atoms with Crippen molar-refractivity contribution in [2.75, 3.05) is 44.7 Å². The maximum absolute atomic E-state index is 12.6. The van der Waals surface area contributed by atoms with Crippen LogP contribution in [0.1, 0.15) is 22.2 Å². The fraction of sp³-hybridized carbons (Fsp3) is 0.292. The van der Waals surface area contributed by atoms with Gasteiger partial charge in [0.1, 0.15) is 11.5 Å². The van der Waals surface area contributed by atoms with E-state index in [4.69, 9.17) is 20.8 Å². The first-order chi connectivity index (χ1) is 15.1. The number of furan rings is 1. The van der Waals surface area contributed by atoms with Crippen LogP contribution in [-0.4, -0.2) is 50.6 Å². The molecule has 1 atom stereocenters. The summed E-state index contributed by atoms with van der Waals surface area (Å²) in [4.78, 5) is 17.3. The van der Waals surface area contributed by atoms with Gasteiger partial charge in [0.25, 0.3) is 5.91 Å². The Morgan fingerprint density at radius 2 is 1.77 bits per heavy atom. The first kappa shape index (κ1) is 21.3. The standard InChI is InChI=1S/C24H26ClN3O3/c1-30-21-10-8-20(9-11-21)27-12-14-28(15-13-27)22(23-3-2-16-31-23)17-26-24(29)18-4-6-19(25)7-5-18/h2-11,16,22H,12-15,17H2,1H3,(H,26,29). The number of hydrogen-bond donors (Lipinski definition) is 1. The van der Waals surface area contributed by atoms with Crippen LogP contribution in [0.2, 0.25) is 5.02 Å². The number of benzene rings is 2. The number of halogens is 1. The highest BCUT2D eigenvalue weighted by atomic mass is 35.5. The van der Waals surface area contributed by atoms with E-state index in [-0.39, 0.29) is 11.9 Å². The van der Waals surface area contributed by atoms with E-state index in [2.05, 4.69) is 27.2 Å². The molecule has 0 spiro atoms. The molecule has 2 aromatic carbocycles. The molecule has 0 saturated carbocycles. The minimum atomic E-state index is -0.120. The molecular weight excluding hydrogens is 414 g/mol. The third-order valence-electron chi connectivity index (χ3n) is 5.63. The highest BCUT2D eigenvalue weighted by Gasteiger charge is 2.27. The zero-order chi connectivity index (χ0) is 21.6. The maximum atomic E-state index is 12.6. The molecule has 1 aliphatic heterocycles. The average molecular weight is 440 g/mol. The summed E-state index contributed by atoms with van der Waals surface area (Å²) in [6.07, 6.45) is 1.68. The third-order valence-corrected chi connectivity index (χ3v) is 5.88. The predicted molar refractivity (Wildman–Crippen MR) is 122 cm³/mol. The molecule has 1 fully saturated rings. The number of ether oxygens (including phenoxy) is 1. The molecule has 162 valence electrons. The second-order valence-electron chi connectivity index (χ2n) is 7.47. The summed E-state index contributed by atoms with van der Waals surface area (Å²) in [5.74, 6) is 1.59. The summed E-state index contributed by atoms with van der Waals surface area (Å²) >= 11 is 5.92. The number of hydrogen-bond acceptors (Lipinski definition) is 5. The van der Waals surface area contributed by atoms with Gasteiger partial charge < -0.3 is 19.4 Å². The van der Waals surface area contributed by atoms with Gasteiger partial charge in [-0.2, -0.15) is 0 Å². The molecule has 0 aliphatic carbocycles. The number of nitrogens with zero attached hydrogens (tertiary/aromatic N) is 2. The summed E-state index contributed by atoms with van der Waals surface area (Å²) < 4.78 is 11.0. The molecule has 3 aromatic rings. The molecule has 6 nitrogen and oxygen atoms in total. The van der Waals surface area contributed by atoms with Crippen molar-refractivity contribution < 1.29 is 13.9 Å². The van der Waals surface area contributed by atoms with Gasteiger partial charge in [0.2, 0.25) is 0 Å². The molecule has 0 bridgehead atoms. The Morgan fingerprint density at radius 1 is 1.06 bits per heavy atom. The van der Waals surface area contributed by atoms with Gasteiger partial charge in [-0.1, -0.05) is 11.6 Å².